The van der Waals surface area contributed by atoms with Gasteiger partial charge in [-0.05, 0) is 30.2 Å². The van der Waals surface area contributed by atoms with Crippen LogP contribution < -0.4 is 5.73 Å². The molecule has 3 heterocycles. The Hall–Kier alpha value is -2.89. The first-order chi connectivity index (χ1) is 26.7. The first-order valence-corrected chi connectivity index (χ1v) is 21.7. The Bertz CT molecular complexity index is 1610. The van der Waals surface area contributed by atoms with Gasteiger partial charge in [-0.15, -0.1) is 0 Å². The Kier molecular flexibility index (Phi) is 19.6. The third-order valence-corrected chi connectivity index (χ3v) is 11.1. The molecule has 0 radical (unpaired) electrons. The van der Waals surface area contributed by atoms with Crippen LogP contribution >= 0.6 is 7.82 Å². The topological polar surface area (TPSA) is 191 Å². The summed E-state index contributed by atoms with van der Waals surface area (Å²) in [5.41, 5.74) is 5.89. The summed E-state index contributed by atoms with van der Waals surface area (Å²) < 4.78 is 42.6. The lowest BCUT2D eigenvalue weighted by molar-refractivity contribution is -0.0690. The zero-order chi connectivity index (χ0) is 39.4. The number of fused-ring (bicyclic) bond motifs is 1. The van der Waals surface area contributed by atoms with E-state index < -0.39 is 44.4 Å². The van der Waals surface area contributed by atoms with Crippen LogP contribution in [0.5, 0.6) is 0 Å². The predicted octanol–water partition coefficient (Wildman–Crippen LogP) is 7.75. The van der Waals surface area contributed by atoms with Crippen molar-refractivity contribution in [2.45, 2.75) is 146 Å². The zero-order valence-corrected chi connectivity index (χ0v) is 33.4. The highest BCUT2D eigenvalue weighted by molar-refractivity contribution is 7.47. The van der Waals surface area contributed by atoms with Crippen molar-refractivity contribution in [3.05, 3.63) is 66.0 Å². The maximum Gasteiger partial charge on any atom is 0.472 e. The first kappa shape index (κ1) is 44.8. The summed E-state index contributed by atoms with van der Waals surface area (Å²) in [7, 11) is -4.70. The number of hydrogen-bond acceptors (Lipinski definition) is 11. The number of aliphatic hydroxyl groups excluding tert-OH is 2. The number of ether oxygens (including phenoxy) is 3. The predicted molar refractivity (Wildman–Crippen MR) is 211 cm³/mol. The van der Waals surface area contributed by atoms with Crippen LogP contribution in [-0.4, -0.2) is 75.6 Å². The van der Waals surface area contributed by atoms with Gasteiger partial charge < -0.3 is 35.1 Å². The second-order valence-corrected chi connectivity index (χ2v) is 16.1. The number of benzene rings is 1. The van der Waals surface area contributed by atoms with Gasteiger partial charge >= 0.3 is 7.82 Å². The van der Waals surface area contributed by atoms with Crippen molar-refractivity contribution in [3.63, 3.8) is 0 Å². The van der Waals surface area contributed by atoms with Gasteiger partial charge in [-0.3, -0.25) is 9.05 Å². The molecule has 306 valence electrons. The minimum atomic E-state index is -4.70. The van der Waals surface area contributed by atoms with E-state index >= 15 is 0 Å². The lowest BCUT2D eigenvalue weighted by Crippen LogP contribution is -2.41. The number of unbranched alkanes of at least 4 members (excludes halogenated alkanes) is 15. The Morgan fingerprint density at radius 3 is 2.13 bits per heavy atom. The maximum atomic E-state index is 13.0. The van der Waals surface area contributed by atoms with Crippen LogP contribution in [0.2, 0.25) is 0 Å². The van der Waals surface area contributed by atoms with E-state index in [0.29, 0.717) is 17.8 Å². The van der Waals surface area contributed by atoms with Crippen LogP contribution in [0.1, 0.15) is 121 Å². The highest BCUT2D eigenvalue weighted by Crippen LogP contribution is 2.46. The third-order valence-electron chi connectivity index (χ3n) is 10.2. The summed E-state index contributed by atoms with van der Waals surface area (Å²) in [6.07, 6.45) is 16.7. The molecule has 2 aromatic heterocycles. The molecule has 0 aliphatic carbocycles. The van der Waals surface area contributed by atoms with Crippen molar-refractivity contribution in [1.29, 1.82) is 5.26 Å². The smallest absolute Gasteiger partial charge is 0.397 e. The Morgan fingerprint density at radius 2 is 1.51 bits per heavy atom. The van der Waals surface area contributed by atoms with E-state index in [1.807, 2.05) is 36.4 Å². The number of phosphoric acid groups is 1. The van der Waals surface area contributed by atoms with Gasteiger partial charge in [0.2, 0.25) is 5.60 Å². The van der Waals surface area contributed by atoms with Gasteiger partial charge in [0, 0.05) is 12.8 Å². The molecule has 3 aromatic rings. The molecule has 14 heteroatoms. The molecule has 13 nitrogen and oxygen atoms in total. The van der Waals surface area contributed by atoms with Crippen LogP contribution in [0, 0.1) is 11.3 Å². The van der Waals surface area contributed by atoms with Crippen LogP contribution in [0.25, 0.3) is 5.52 Å². The standard InChI is InChI=1S/C41H63N4O9P/c1-2-3-4-5-6-7-8-9-10-11-12-13-14-15-16-20-27-50-29-34(51-28-33-21-18-17-19-22-33)30-52-55(48,49)53-31-37-39(46)40(47)41(32-42,54-37)38-24-23-36-35(43)25-26-44-45(36)38/h17-19,21-26,34,37,39-40,46-47H,2-16,20,27-31,43H2,1H3,(H,48,49)/t34-,37-,39-,40-,41+/m1/s1. The summed E-state index contributed by atoms with van der Waals surface area (Å²) in [4.78, 5) is 10.6. The van der Waals surface area contributed by atoms with Crippen molar-refractivity contribution in [3.8, 4) is 6.07 Å². The van der Waals surface area contributed by atoms with E-state index in [1.54, 1.807) is 12.1 Å². The molecule has 1 saturated heterocycles. The maximum absolute atomic E-state index is 13.0. The summed E-state index contributed by atoms with van der Waals surface area (Å²) in [6, 6.07) is 16.2. The molecule has 0 bridgehead atoms. The van der Waals surface area contributed by atoms with E-state index in [1.165, 1.54) is 107 Å². The van der Waals surface area contributed by atoms with E-state index in [0.717, 1.165) is 18.4 Å². The summed E-state index contributed by atoms with van der Waals surface area (Å²) >= 11 is 0. The quantitative estimate of drug-likeness (QED) is 0.0396. The SMILES string of the molecule is CCCCCCCCCCCCCCCCCCOC[C@H](COP(=O)(O)OC[C@H]1O[C@@](C#N)(c2ccc3c(N)ccnn23)[C@H](O)[C@@H]1O)OCc1ccccc1. The minimum absolute atomic E-state index is 0.132. The Labute approximate surface area is 326 Å². The second-order valence-electron chi connectivity index (χ2n) is 14.6. The van der Waals surface area contributed by atoms with E-state index in [9.17, 15) is 24.9 Å². The summed E-state index contributed by atoms with van der Waals surface area (Å²) in [5.74, 6) is 0. The highest BCUT2D eigenvalue weighted by atomic mass is 31.2. The van der Waals surface area contributed by atoms with Gasteiger partial charge in [-0.25, -0.2) is 9.08 Å². The molecule has 55 heavy (non-hydrogen) atoms. The third kappa shape index (κ3) is 14.2. The van der Waals surface area contributed by atoms with Gasteiger partial charge in [0.05, 0.1) is 43.3 Å². The molecule has 0 saturated carbocycles. The zero-order valence-electron chi connectivity index (χ0n) is 32.5. The van der Waals surface area contributed by atoms with Crippen molar-refractivity contribution >= 4 is 19.0 Å². The first-order valence-electron chi connectivity index (χ1n) is 20.2. The molecule has 1 aliphatic heterocycles. The molecule has 1 aliphatic rings. The Balaban J connectivity index is 1.15. The van der Waals surface area contributed by atoms with Crippen molar-refractivity contribution in [2.75, 3.05) is 32.2 Å². The average Bonchev–Trinajstić information content (AvgIpc) is 3.74. The summed E-state index contributed by atoms with van der Waals surface area (Å²) in [6.45, 7) is 2.24. The fraction of sp³-hybridized carbons (Fsp3) is 0.659. The number of hydrogen-bond donors (Lipinski definition) is 4. The van der Waals surface area contributed by atoms with Crippen LogP contribution in [-0.2, 0) is 40.0 Å². The number of aromatic nitrogens is 2. The number of anilines is 1. The van der Waals surface area contributed by atoms with Crippen molar-refractivity contribution in [1.82, 2.24) is 9.61 Å². The van der Waals surface area contributed by atoms with E-state index in [4.69, 9.17) is 29.0 Å². The Morgan fingerprint density at radius 1 is 0.891 bits per heavy atom. The van der Waals surface area contributed by atoms with Crippen molar-refractivity contribution in [2.24, 2.45) is 0 Å². The number of nitriles is 1. The average molecular weight is 787 g/mol. The molecular weight excluding hydrogens is 723 g/mol. The fourth-order valence-electron chi connectivity index (χ4n) is 6.92. The van der Waals surface area contributed by atoms with Gasteiger partial charge in [0.15, 0.2) is 0 Å². The van der Waals surface area contributed by atoms with E-state index in [2.05, 4.69) is 12.0 Å². The molecule has 0 amide bonds. The van der Waals surface area contributed by atoms with Gasteiger partial charge in [-0.1, -0.05) is 134 Å². The highest BCUT2D eigenvalue weighted by Gasteiger charge is 2.58. The lowest BCUT2D eigenvalue weighted by atomic mass is 9.92. The number of nitrogens with two attached hydrogens (primary N) is 1. The molecule has 5 N–H and O–H groups in total. The number of nitrogens with zero attached hydrogens (tertiary/aromatic N) is 3. The number of phosphoric ester groups is 1. The van der Waals surface area contributed by atoms with Crippen molar-refractivity contribution < 1.29 is 42.9 Å². The molecule has 0 spiro atoms. The van der Waals surface area contributed by atoms with Gasteiger partial charge in [-0.2, -0.15) is 10.4 Å². The number of aliphatic hydroxyl groups is 2. The molecule has 1 fully saturated rings. The molecule has 6 atom stereocenters. The normalized spacial score (nSPS) is 21.5. The fourth-order valence-corrected chi connectivity index (χ4v) is 7.68. The molecule has 1 unspecified atom stereocenters. The summed E-state index contributed by atoms with van der Waals surface area (Å²) in [5, 5.41) is 36.1. The second kappa shape index (κ2) is 24.0. The van der Waals surface area contributed by atoms with Crippen LogP contribution in [0.3, 0.4) is 0 Å². The number of nitrogen functional groups attached to an aromatic ring is 1. The largest absolute Gasteiger partial charge is 0.472 e. The number of rotatable bonds is 29. The lowest BCUT2D eigenvalue weighted by Gasteiger charge is -2.24. The van der Waals surface area contributed by atoms with Gasteiger partial charge in [0.25, 0.3) is 0 Å². The van der Waals surface area contributed by atoms with E-state index in [-0.39, 0.29) is 25.5 Å². The minimum Gasteiger partial charge on any atom is -0.397 e. The molecule has 1 aromatic carbocycles. The van der Waals surface area contributed by atoms with Crippen LogP contribution in [0.4, 0.5) is 5.69 Å². The molecule has 4 rings (SSSR count). The van der Waals surface area contributed by atoms with Gasteiger partial charge in [0.1, 0.15) is 30.5 Å². The molecular formula is C41H63N4O9P. The monoisotopic (exact) mass is 786 g/mol. The van der Waals surface area contributed by atoms with Crippen LogP contribution in [0.15, 0.2) is 54.7 Å².